The molecule has 0 bridgehead atoms. The molecule has 6 heteroatoms. The number of nitrogens with zero attached hydrogens (tertiary/aromatic N) is 1. The van der Waals surface area contributed by atoms with Crippen LogP contribution in [0.25, 0.3) is 0 Å². The van der Waals surface area contributed by atoms with Gasteiger partial charge in [-0.3, -0.25) is 4.98 Å². The highest BCUT2D eigenvalue weighted by Gasteiger charge is 2.41. The molecule has 18 heavy (non-hydrogen) atoms. The van der Waals surface area contributed by atoms with E-state index in [4.69, 9.17) is 0 Å². The SMILES string of the molecule is CNC(C)(c1ccc(C(F)(F)F)cn1)C(C)(C)O. The molecule has 0 saturated heterocycles. The lowest BCUT2D eigenvalue weighted by molar-refractivity contribution is -0.137. The van der Waals surface area contributed by atoms with Gasteiger partial charge in [0.05, 0.1) is 22.4 Å². The average Bonchev–Trinajstić information content (AvgIpc) is 2.25. The van der Waals surface area contributed by atoms with Crippen molar-refractivity contribution >= 4 is 0 Å². The van der Waals surface area contributed by atoms with Gasteiger partial charge >= 0.3 is 6.18 Å². The zero-order chi connectivity index (χ0) is 14.2. The molecule has 0 fully saturated rings. The first-order valence-electron chi connectivity index (χ1n) is 5.47. The summed E-state index contributed by atoms with van der Waals surface area (Å²) in [7, 11) is 1.62. The third-order valence-corrected chi connectivity index (χ3v) is 3.33. The van der Waals surface area contributed by atoms with Crippen molar-refractivity contribution in [3.8, 4) is 0 Å². The largest absolute Gasteiger partial charge is 0.417 e. The van der Waals surface area contributed by atoms with Crippen molar-refractivity contribution in [1.29, 1.82) is 0 Å². The Balaban J connectivity index is 3.19. The van der Waals surface area contributed by atoms with Crippen molar-refractivity contribution in [2.45, 2.75) is 38.1 Å². The van der Waals surface area contributed by atoms with Crippen molar-refractivity contribution < 1.29 is 18.3 Å². The fourth-order valence-electron chi connectivity index (χ4n) is 1.60. The van der Waals surface area contributed by atoms with Gasteiger partial charge < -0.3 is 10.4 Å². The van der Waals surface area contributed by atoms with Crippen LogP contribution in [-0.4, -0.2) is 22.7 Å². The van der Waals surface area contributed by atoms with Gasteiger partial charge in [0.2, 0.25) is 0 Å². The first-order valence-corrected chi connectivity index (χ1v) is 5.47. The van der Waals surface area contributed by atoms with Crippen LogP contribution in [0.5, 0.6) is 0 Å². The topological polar surface area (TPSA) is 45.2 Å². The van der Waals surface area contributed by atoms with E-state index in [0.717, 1.165) is 12.3 Å². The molecule has 0 spiro atoms. The smallest absolute Gasteiger partial charge is 0.388 e. The maximum atomic E-state index is 12.4. The average molecular weight is 262 g/mol. The van der Waals surface area contributed by atoms with Crippen LogP contribution < -0.4 is 5.32 Å². The molecule has 0 saturated carbocycles. The molecule has 1 atom stereocenters. The summed E-state index contributed by atoms with van der Waals surface area (Å²) in [5, 5.41) is 13.0. The molecule has 0 amide bonds. The first-order chi connectivity index (χ1) is 8.02. The monoisotopic (exact) mass is 262 g/mol. The van der Waals surface area contributed by atoms with Gasteiger partial charge in [0.15, 0.2) is 0 Å². The number of rotatable bonds is 3. The molecular formula is C12H17F3N2O. The maximum Gasteiger partial charge on any atom is 0.417 e. The van der Waals surface area contributed by atoms with E-state index in [1.165, 1.54) is 6.07 Å². The first kappa shape index (κ1) is 14.9. The molecule has 1 aromatic heterocycles. The van der Waals surface area contributed by atoms with Gasteiger partial charge in [0.1, 0.15) is 0 Å². The number of hydrogen-bond acceptors (Lipinski definition) is 3. The predicted octanol–water partition coefficient (Wildman–Crippen LogP) is 2.31. The molecule has 0 aliphatic heterocycles. The molecule has 102 valence electrons. The van der Waals surface area contributed by atoms with Crippen LogP contribution in [-0.2, 0) is 11.7 Å². The number of aromatic nitrogens is 1. The van der Waals surface area contributed by atoms with Crippen molar-refractivity contribution in [2.24, 2.45) is 0 Å². The predicted molar refractivity (Wildman–Crippen MR) is 61.9 cm³/mol. The van der Waals surface area contributed by atoms with Gasteiger partial charge in [-0.1, -0.05) is 0 Å². The van der Waals surface area contributed by atoms with E-state index in [1.807, 2.05) is 0 Å². The van der Waals surface area contributed by atoms with Gasteiger partial charge in [0.25, 0.3) is 0 Å². The Morgan fingerprint density at radius 3 is 2.00 bits per heavy atom. The van der Waals surface area contributed by atoms with E-state index < -0.39 is 22.9 Å². The summed E-state index contributed by atoms with van der Waals surface area (Å²) >= 11 is 0. The van der Waals surface area contributed by atoms with Crippen LogP contribution >= 0.6 is 0 Å². The Labute approximate surface area is 104 Å². The Hall–Kier alpha value is -1.14. The number of halogens is 3. The van der Waals surface area contributed by atoms with E-state index in [-0.39, 0.29) is 0 Å². The molecule has 1 unspecified atom stereocenters. The summed E-state index contributed by atoms with van der Waals surface area (Å²) < 4.78 is 37.3. The minimum atomic E-state index is -4.41. The van der Waals surface area contributed by atoms with Crippen LogP contribution in [0.15, 0.2) is 18.3 Å². The molecule has 0 aromatic carbocycles. The summed E-state index contributed by atoms with van der Waals surface area (Å²) in [4.78, 5) is 3.81. The van der Waals surface area contributed by atoms with Gasteiger partial charge in [-0.15, -0.1) is 0 Å². The number of alkyl halides is 3. The molecule has 0 aliphatic carbocycles. The molecule has 3 nitrogen and oxygen atoms in total. The lowest BCUT2D eigenvalue weighted by Crippen LogP contribution is -2.54. The molecule has 0 aliphatic rings. The Kier molecular flexibility index (Phi) is 3.74. The minimum Gasteiger partial charge on any atom is -0.388 e. The van der Waals surface area contributed by atoms with Crippen molar-refractivity contribution in [2.75, 3.05) is 7.05 Å². The van der Waals surface area contributed by atoms with Gasteiger partial charge in [0, 0.05) is 6.20 Å². The number of likely N-dealkylation sites (N-methyl/N-ethyl adjacent to an activating group) is 1. The molecule has 1 heterocycles. The van der Waals surface area contributed by atoms with Crippen LogP contribution in [0.4, 0.5) is 13.2 Å². The zero-order valence-corrected chi connectivity index (χ0v) is 10.8. The summed E-state index contributed by atoms with van der Waals surface area (Å²) in [6.07, 6.45) is -3.63. The van der Waals surface area contributed by atoms with E-state index in [1.54, 1.807) is 27.8 Å². The number of hydrogen-bond donors (Lipinski definition) is 2. The van der Waals surface area contributed by atoms with Gasteiger partial charge in [-0.05, 0) is 40.0 Å². The molecule has 2 N–H and O–H groups in total. The molecule has 0 radical (unpaired) electrons. The molecular weight excluding hydrogens is 245 g/mol. The van der Waals surface area contributed by atoms with Crippen molar-refractivity contribution in [3.63, 3.8) is 0 Å². The fourth-order valence-corrected chi connectivity index (χ4v) is 1.60. The fraction of sp³-hybridized carbons (Fsp3) is 0.583. The lowest BCUT2D eigenvalue weighted by Gasteiger charge is -2.39. The second-order valence-corrected chi connectivity index (χ2v) is 4.86. The summed E-state index contributed by atoms with van der Waals surface area (Å²) in [6, 6.07) is 2.24. The second-order valence-electron chi connectivity index (χ2n) is 4.86. The Morgan fingerprint density at radius 1 is 1.17 bits per heavy atom. The zero-order valence-electron chi connectivity index (χ0n) is 10.8. The summed E-state index contributed by atoms with van der Waals surface area (Å²) in [5.74, 6) is 0. The number of pyridine rings is 1. The molecule has 1 rings (SSSR count). The van der Waals surface area contributed by atoms with E-state index in [9.17, 15) is 18.3 Å². The highest BCUT2D eigenvalue weighted by atomic mass is 19.4. The van der Waals surface area contributed by atoms with Gasteiger partial charge in [-0.2, -0.15) is 13.2 Å². The Bertz CT molecular complexity index is 409. The Morgan fingerprint density at radius 2 is 1.72 bits per heavy atom. The minimum absolute atomic E-state index is 0.352. The van der Waals surface area contributed by atoms with E-state index in [0.29, 0.717) is 5.69 Å². The number of nitrogens with one attached hydrogen (secondary N) is 1. The van der Waals surface area contributed by atoms with Crippen LogP contribution in [0.1, 0.15) is 32.0 Å². The molecule has 1 aromatic rings. The second kappa shape index (κ2) is 4.51. The third kappa shape index (κ3) is 2.64. The maximum absolute atomic E-state index is 12.4. The lowest BCUT2D eigenvalue weighted by atomic mass is 9.81. The van der Waals surface area contributed by atoms with E-state index >= 15 is 0 Å². The standard InChI is InChI=1S/C12H17F3N2O/c1-10(2,18)11(3,16-4)9-6-5-8(7-17-9)12(13,14)15/h5-7,16,18H,1-4H3. The number of aliphatic hydroxyl groups is 1. The van der Waals surface area contributed by atoms with Gasteiger partial charge in [-0.25, -0.2) is 0 Å². The quantitative estimate of drug-likeness (QED) is 0.878. The normalized spacial score (nSPS) is 16.4. The van der Waals surface area contributed by atoms with Crippen LogP contribution in [0, 0.1) is 0 Å². The van der Waals surface area contributed by atoms with Crippen LogP contribution in [0.3, 0.4) is 0 Å². The highest BCUT2D eigenvalue weighted by Crippen LogP contribution is 2.33. The van der Waals surface area contributed by atoms with E-state index in [2.05, 4.69) is 10.3 Å². The summed E-state index contributed by atoms with van der Waals surface area (Å²) in [6.45, 7) is 4.83. The highest BCUT2D eigenvalue weighted by molar-refractivity contribution is 5.24. The third-order valence-electron chi connectivity index (χ3n) is 3.33. The summed E-state index contributed by atoms with van der Waals surface area (Å²) in [5.41, 5.74) is -2.56. The van der Waals surface area contributed by atoms with Crippen LogP contribution in [0.2, 0.25) is 0 Å². The van der Waals surface area contributed by atoms with Crippen molar-refractivity contribution in [1.82, 2.24) is 10.3 Å². The van der Waals surface area contributed by atoms with Crippen molar-refractivity contribution in [3.05, 3.63) is 29.6 Å².